The van der Waals surface area contributed by atoms with E-state index in [0.29, 0.717) is 12.0 Å². The molecule has 4 atom stereocenters. The van der Waals surface area contributed by atoms with Crippen molar-refractivity contribution in [1.29, 1.82) is 0 Å². The fourth-order valence-corrected chi connectivity index (χ4v) is 2.91. The number of rotatable bonds is 2. The Bertz CT molecular complexity index is 198. The fourth-order valence-electron chi connectivity index (χ4n) is 2.91. The predicted molar refractivity (Wildman–Crippen MR) is 55.0 cm³/mol. The second-order valence-corrected chi connectivity index (χ2v) is 4.76. The smallest absolute Gasteiger partial charge is 0.0707 e. The van der Waals surface area contributed by atoms with Crippen molar-refractivity contribution in [3.8, 4) is 0 Å². The van der Waals surface area contributed by atoms with E-state index in [1.807, 2.05) is 0 Å². The number of aliphatic hydroxyl groups is 2. The lowest BCUT2D eigenvalue weighted by Crippen LogP contribution is -2.39. The first-order valence-corrected chi connectivity index (χ1v) is 5.82. The Hall–Kier alpha value is -0.120. The minimum atomic E-state index is -0.173. The summed E-state index contributed by atoms with van der Waals surface area (Å²) in [5.74, 6) is 0.419. The van der Waals surface area contributed by atoms with Crippen LogP contribution in [0.3, 0.4) is 0 Å². The van der Waals surface area contributed by atoms with Gasteiger partial charge in [-0.25, -0.2) is 0 Å². The van der Waals surface area contributed by atoms with Gasteiger partial charge in [0.1, 0.15) is 0 Å². The van der Waals surface area contributed by atoms with Crippen LogP contribution in [-0.2, 0) is 0 Å². The normalized spacial score (nSPS) is 44.8. The maximum atomic E-state index is 9.78. The summed E-state index contributed by atoms with van der Waals surface area (Å²) >= 11 is 0. The van der Waals surface area contributed by atoms with Crippen LogP contribution in [0.5, 0.6) is 0 Å². The molecule has 3 nitrogen and oxygen atoms in total. The Labute approximate surface area is 85.7 Å². The summed E-state index contributed by atoms with van der Waals surface area (Å²) in [7, 11) is 0. The number of nitrogens with zero attached hydrogens (tertiary/aromatic N) is 1. The molecule has 1 saturated carbocycles. The summed E-state index contributed by atoms with van der Waals surface area (Å²) in [6.07, 6.45) is 3.89. The molecule has 0 aromatic carbocycles. The van der Waals surface area contributed by atoms with E-state index in [1.54, 1.807) is 0 Å². The molecule has 82 valence electrons. The molecule has 3 heteroatoms. The summed E-state index contributed by atoms with van der Waals surface area (Å²) in [5.41, 5.74) is 0. The van der Waals surface area contributed by atoms with Gasteiger partial charge < -0.3 is 10.2 Å². The van der Waals surface area contributed by atoms with Crippen LogP contribution in [-0.4, -0.2) is 46.5 Å². The highest BCUT2D eigenvalue weighted by Crippen LogP contribution is 2.30. The van der Waals surface area contributed by atoms with Crippen molar-refractivity contribution >= 4 is 0 Å². The Morgan fingerprint density at radius 1 is 1.14 bits per heavy atom. The standard InChI is InChI=1S/C11H21NO2/c1-2-8-6-12(7-11(8)14)9-4-3-5-10(9)13/h8-11,13-14H,2-7H2,1H3/t8?,9-,10-,11?/m1/s1. The van der Waals surface area contributed by atoms with Crippen molar-refractivity contribution < 1.29 is 10.2 Å². The molecule has 0 radical (unpaired) electrons. The number of likely N-dealkylation sites (tertiary alicyclic amines) is 1. The first-order valence-electron chi connectivity index (χ1n) is 5.82. The van der Waals surface area contributed by atoms with Crippen molar-refractivity contribution in [2.45, 2.75) is 50.9 Å². The molecule has 0 spiro atoms. The summed E-state index contributed by atoms with van der Waals surface area (Å²) in [6.45, 7) is 3.86. The van der Waals surface area contributed by atoms with Crippen LogP contribution in [0.15, 0.2) is 0 Å². The van der Waals surface area contributed by atoms with Crippen LogP contribution >= 0.6 is 0 Å². The van der Waals surface area contributed by atoms with Crippen molar-refractivity contribution in [3.63, 3.8) is 0 Å². The molecular weight excluding hydrogens is 178 g/mol. The molecule has 2 aliphatic rings. The molecule has 1 heterocycles. The van der Waals surface area contributed by atoms with Crippen LogP contribution in [0, 0.1) is 5.92 Å². The zero-order valence-corrected chi connectivity index (χ0v) is 8.89. The van der Waals surface area contributed by atoms with Gasteiger partial charge in [0.2, 0.25) is 0 Å². The van der Waals surface area contributed by atoms with E-state index in [-0.39, 0.29) is 12.2 Å². The minimum Gasteiger partial charge on any atom is -0.391 e. The molecule has 2 fully saturated rings. The minimum absolute atomic E-state index is 0.155. The quantitative estimate of drug-likeness (QED) is 0.684. The van der Waals surface area contributed by atoms with Gasteiger partial charge in [0.05, 0.1) is 12.2 Å². The molecule has 2 rings (SSSR count). The molecule has 1 aliphatic heterocycles. The first-order chi connectivity index (χ1) is 6.72. The molecule has 0 bridgehead atoms. The van der Waals surface area contributed by atoms with Crippen LogP contribution in [0.2, 0.25) is 0 Å². The third kappa shape index (κ3) is 1.81. The van der Waals surface area contributed by atoms with Gasteiger partial charge in [-0.1, -0.05) is 6.92 Å². The van der Waals surface area contributed by atoms with Crippen molar-refractivity contribution in [3.05, 3.63) is 0 Å². The third-order valence-corrected chi connectivity index (χ3v) is 3.87. The van der Waals surface area contributed by atoms with Crippen LogP contribution in [0.1, 0.15) is 32.6 Å². The van der Waals surface area contributed by atoms with E-state index in [0.717, 1.165) is 38.8 Å². The Morgan fingerprint density at radius 3 is 2.43 bits per heavy atom. The summed E-state index contributed by atoms with van der Waals surface area (Å²) in [4.78, 5) is 2.29. The molecule has 2 N–H and O–H groups in total. The maximum Gasteiger partial charge on any atom is 0.0707 e. The molecule has 1 aliphatic carbocycles. The topological polar surface area (TPSA) is 43.7 Å². The Morgan fingerprint density at radius 2 is 1.93 bits per heavy atom. The molecular formula is C11H21NO2. The molecule has 1 saturated heterocycles. The van der Waals surface area contributed by atoms with E-state index in [1.165, 1.54) is 0 Å². The lowest BCUT2D eigenvalue weighted by molar-refractivity contribution is 0.0750. The molecule has 0 aromatic rings. The van der Waals surface area contributed by atoms with Gasteiger partial charge in [-0.15, -0.1) is 0 Å². The number of aliphatic hydroxyl groups excluding tert-OH is 2. The van der Waals surface area contributed by atoms with Gasteiger partial charge in [0, 0.05) is 19.1 Å². The van der Waals surface area contributed by atoms with Crippen LogP contribution in [0.25, 0.3) is 0 Å². The monoisotopic (exact) mass is 199 g/mol. The lowest BCUT2D eigenvalue weighted by atomic mass is 10.0. The van der Waals surface area contributed by atoms with Gasteiger partial charge in [-0.05, 0) is 31.6 Å². The Kier molecular flexibility index (Phi) is 3.10. The summed E-state index contributed by atoms with van der Waals surface area (Å²) < 4.78 is 0. The average Bonchev–Trinajstić information content (AvgIpc) is 2.71. The van der Waals surface area contributed by atoms with Gasteiger partial charge >= 0.3 is 0 Å². The highest BCUT2D eigenvalue weighted by molar-refractivity contribution is 4.92. The van der Waals surface area contributed by atoms with Gasteiger partial charge in [0.15, 0.2) is 0 Å². The van der Waals surface area contributed by atoms with Gasteiger partial charge in [-0.2, -0.15) is 0 Å². The lowest BCUT2D eigenvalue weighted by Gasteiger charge is -2.26. The second kappa shape index (κ2) is 4.17. The van der Waals surface area contributed by atoms with Gasteiger partial charge in [-0.3, -0.25) is 4.90 Å². The van der Waals surface area contributed by atoms with E-state index in [9.17, 15) is 10.2 Å². The van der Waals surface area contributed by atoms with E-state index in [4.69, 9.17) is 0 Å². The summed E-state index contributed by atoms with van der Waals surface area (Å²) in [5, 5.41) is 19.6. The number of hydrogen-bond donors (Lipinski definition) is 2. The number of hydrogen-bond acceptors (Lipinski definition) is 3. The van der Waals surface area contributed by atoms with Crippen molar-refractivity contribution in [2.75, 3.05) is 13.1 Å². The molecule has 0 amide bonds. The number of β-amino-alcohol motifs (C(OH)–C–C–N with tert-alkyl or cyclic N) is 1. The summed E-state index contributed by atoms with van der Waals surface area (Å²) in [6, 6.07) is 0.321. The van der Waals surface area contributed by atoms with Crippen molar-refractivity contribution in [2.24, 2.45) is 5.92 Å². The zero-order chi connectivity index (χ0) is 10.1. The first kappa shape index (κ1) is 10.4. The maximum absolute atomic E-state index is 9.78. The average molecular weight is 199 g/mol. The zero-order valence-electron chi connectivity index (χ0n) is 8.89. The van der Waals surface area contributed by atoms with Crippen molar-refractivity contribution in [1.82, 2.24) is 4.90 Å². The van der Waals surface area contributed by atoms with Crippen LogP contribution in [0.4, 0.5) is 0 Å². The van der Waals surface area contributed by atoms with E-state index in [2.05, 4.69) is 11.8 Å². The van der Waals surface area contributed by atoms with E-state index >= 15 is 0 Å². The third-order valence-electron chi connectivity index (χ3n) is 3.87. The largest absolute Gasteiger partial charge is 0.391 e. The second-order valence-electron chi connectivity index (χ2n) is 4.76. The highest BCUT2D eigenvalue weighted by Gasteiger charge is 2.38. The SMILES string of the molecule is CCC1CN([C@@H]2CCC[C@H]2O)CC1O. The van der Waals surface area contributed by atoms with Gasteiger partial charge in [0.25, 0.3) is 0 Å². The highest BCUT2D eigenvalue weighted by atomic mass is 16.3. The fraction of sp³-hybridized carbons (Fsp3) is 1.00. The predicted octanol–water partition coefficient (Wildman–Crippen LogP) is 0.602. The molecule has 2 unspecified atom stereocenters. The Balaban J connectivity index is 1.94. The molecule has 14 heavy (non-hydrogen) atoms. The van der Waals surface area contributed by atoms with Crippen LogP contribution < -0.4 is 0 Å². The molecule has 0 aromatic heterocycles. The van der Waals surface area contributed by atoms with E-state index < -0.39 is 0 Å².